The van der Waals surface area contributed by atoms with Crippen molar-refractivity contribution in [3.05, 3.63) is 24.1 Å². The van der Waals surface area contributed by atoms with Gasteiger partial charge in [-0.05, 0) is 12.3 Å². The lowest BCUT2D eigenvalue weighted by molar-refractivity contribution is -0.140. The van der Waals surface area contributed by atoms with E-state index in [2.05, 4.69) is 13.2 Å². The summed E-state index contributed by atoms with van der Waals surface area (Å²) in [6.45, 7) is 9.99. The largest absolute Gasteiger partial charge is 0.460 e. The van der Waals surface area contributed by atoms with Crippen LogP contribution in [0.4, 0.5) is 0 Å². The van der Waals surface area contributed by atoms with Crippen LogP contribution < -0.4 is 0 Å². The maximum atomic E-state index is 10.9. The number of rotatable bonds is 8. The highest BCUT2D eigenvalue weighted by molar-refractivity contribution is 8.02. The van der Waals surface area contributed by atoms with E-state index in [-0.39, 0.29) is 12.6 Å². The quantitative estimate of drug-likeness (QED) is 0.353. The van der Waals surface area contributed by atoms with Crippen LogP contribution >= 0.6 is 11.8 Å². The van der Waals surface area contributed by atoms with Crippen LogP contribution in [0.15, 0.2) is 24.1 Å². The minimum atomic E-state index is -0.367. The molecule has 80 valence electrons. The van der Waals surface area contributed by atoms with Crippen molar-refractivity contribution >= 4 is 17.7 Å². The Morgan fingerprint density at radius 3 is 2.71 bits per heavy atom. The Bertz CT molecular complexity index is 202. The summed E-state index contributed by atoms with van der Waals surface area (Å²) in [7, 11) is 0. The van der Waals surface area contributed by atoms with E-state index in [1.165, 1.54) is 0 Å². The van der Waals surface area contributed by atoms with Crippen molar-refractivity contribution in [2.75, 3.05) is 25.6 Å². The van der Waals surface area contributed by atoms with Crippen LogP contribution in [0, 0.1) is 0 Å². The highest BCUT2D eigenvalue weighted by Crippen LogP contribution is 1.98. The van der Waals surface area contributed by atoms with E-state index in [0.717, 1.165) is 5.75 Å². The molecule has 0 aliphatic carbocycles. The summed E-state index contributed by atoms with van der Waals surface area (Å²) in [6, 6.07) is 0. The van der Waals surface area contributed by atoms with Gasteiger partial charge < -0.3 is 9.47 Å². The van der Waals surface area contributed by atoms with E-state index in [0.29, 0.717) is 18.8 Å². The Morgan fingerprint density at radius 2 is 2.14 bits per heavy atom. The molecule has 0 fully saturated rings. The Morgan fingerprint density at radius 1 is 1.43 bits per heavy atom. The summed E-state index contributed by atoms with van der Waals surface area (Å²) < 4.78 is 10.0. The Labute approximate surface area is 89.2 Å². The number of hydrogen-bond acceptors (Lipinski definition) is 4. The summed E-state index contributed by atoms with van der Waals surface area (Å²) in [5.74, 6) is 0.506. The fourth-order valence-electron chi connectivity index (χ4n) is 0.609. The molecular formula is C10H16O3S. The van der Waals surface area contributed by atoms with Crippen LogP contribution in [0.3, 0.4) is 0 Å². The molecule has 3 nitrogen and oxygen atoms in total. The first-order valence-corrected chi connectivity index (χ1v) is 5.36. The molecule has 0 rings (SSSR count). The van der Waals surface area contributed by atoms with E-state index in [1.807, 2.05) is 0 Å². The van der Waals surface area contributed by atoms with E-state index in [9.17, 15) is 4.79 Å². The molecule has 0 N–H and O–H groups in total. The highest BCUT2D eigenvalue weighted by atomic mass is 32.2. The molecule has 0 unspecified atom stereocenters. The fraction of sp³-hybridized carbons (Fsp3) is 0.500. The second-order valence-corrected chi connectivity index (χ2v) is 3.64. The standard InChI is InChI=1S/C10H16O3S/c1-4-14-8-7-12-5-6-13-10(11)9(2)3/h4H,1-2,5-8H2,3H3. The number of esters is 1. The van der Waals surface area contributed by atoms with Gasteiger partial charge in [-0.3, -0.25) is 0 Å². The van der Waals surface area contributed by atoms with E-state index >= 15 is 0 Å². The first-order chi connectivity index (χ1) is 6.68. The van der Waals surface area contributed by atoms with Crippen molar-refractivity contribution in [1.29, 1.82) is 0 Å². The number of hydrogen-bond donors (Lipinski definition) is 0. The predicted octanol–water partition coefficient (Wildman–Crippen LogP) is 2.00. The van der Waals surface area contributed by atoms with Gasteiger partial charge in [0.1, 0.15) is 6.61 Å². The normalized spacial score (nSPS) is 9.50. The van der Waals surface area contributed by atoms with Crippen LogP contribution in [0.25, 0.3) is 0 Å². The van der Waals surface area contributed by atoms with Gasteiger partial charge in [0, 0.05) is 11.3 Å². The van der Waals surface area contributed by atoms with Gasteiger partial charge in [-0.15, -0.1) is 11.8 Å². The molecule has 0 aliphatic heterocycles. The summed E-state index contributed by atoms with van der Waals surface area (Å²) in [4.78, 5) is 10.9. The zero-order valence-corrected chi connectivity index (χ0v) is 9.27. The highest BCUT2D eigenvalue weighted by Gasteiger charge is 2.01. The van der Waals surface area contributed by atoms with Gasteiger partial charge in [0.25, 0.3) is 0 Å². The number of carbonyl (C=O) groups excluding carboxylic acids is 1. The van der Waals surface area contributed by atoms with E-state index < -0.39 is 0 Å². The summed E-state index contributed by atoms with van der Waals surface area (Å²) in [5.41, 5.74) is 0.409. The third-order valence-electron chi connectivity index (χ3n) is 1.27. The Kier molecular flexibility index (Phi) is 8.37. The van der Waals surface area contributed by atoms with Crippen LogP contribution in [-0.4, -0.2) is 31.5 Å². The molecule has 0 heterocycles. The lowest BCUT2D eigenvalue weighted by atomic mass is 10.4. The van der Waals surface area contributed by atoms with Gasteiger partial charge in [0.2, 0.25) is 0 Å². The average molecular weight is 216 g/mol. The molecule has 0 saturated heterocycles. The molecule has 0 saturated carbocycles. The van der Waals surface area contributed by atoms with Gasteiger partial charge in [0.15, 0.2) is 0 Å². The van der Waals surface area contributed by atoms with Crippen LogP contribution in [0.2, 0.25) is 0 Å². The predicted molar refractivity (Wildman–Crippen MR) is 59.2 cm³/mol. The van der Waals surface area contributed by atoms with Crippen LogP contribution in [0.1, 0.15) is 6.92 Å². The molecule has 0 aliphatic rings. The van der Waals surface area contributed by atoms with Gasteiger partial charge in [-0.1, -0.05) is 13.2 Å². The van der Waals surface area contributed by atoms with Crippen molar-refractivity contribution in [2.24, 2.45) is 0 Å². The molecule has 14 heavy (non-hydrogen) atoms. The fourth-order valence-corrected chi connectivity index (χ4v) is 0.990. The number of thioether (sulfide) groups is 1. The molecule has 0 spiro atoms. The lowest BCUT2D eigenvalue weighted by Crippen LogP contribution is -2.11. The van der Waals surface area contributed by atoms with E-state index in [1.54, 1.807) is 24.1 Å². The maximum Gasteiger partial charge on any atom is 0.333 e. The zero-order valence-electron chi connectivity index (χ0n) is 8.45. The monoisotopic (exact) mass is 216 g/mol. The number of carbonyl (C=O) groups is 1. The van der Waals surface area contributed by atoms with Crippen molar-refractivity contribution in [2.45, 2.75) is 6.92 Å². The number of ether oxygens (including phenoxy) is 2. The van der Waals surface area contributed by atoms with Crippen LogP contribution in [-0.2, 0) is 14.3 Å². The topological polar surface area (TPSA) is 35.5 Å². The molecular weight excluding hydrogens is 200 g/mol. The molecule has 0 bridgehead atoms. The summed E-state index contributed by atoms with van der Waals surface area (Å²) >= 11 is 1.59. The summed E-state index contributed by atoms with van der Waals surface area (Å²) in [6.07, 6.45) is 0. The summed E-state index contributed by atoms with van der Waals surface area (Å²) in [5, 5.41) is 1.77. The van der Waals surface area contributed by atoms with Crippen molar-refractivity contribution in [3.8, 4) is 0 Å². The lowest BCUT2D eigenvalue weighted by Gasteiger charge is -2.04. The zero-order chi connectivity index (χ0) is 10.8. The van der Waals surface area contributed by atoms with Crippen LogP contribution in [0.5, 0.6) is 0 Å². The molecule has 0 aromatic rings. The molecule has 0 amide bonds. The molecule has 0 aromatic heterocycles. The minimum Gasteiger partial charge on any atom is -0.460 e. The van der Waals surface area contributed by atoms with Gasteiger partial charge in [-0.25, -0.2) is 4.79 Å². The smallest absolute Gasteiger partial charge is 0.333 e. The first kappa shape index (κ1) is 13.3. The molecule has 0 aromatic carbocycles. The SMILES string of the molecule is C=CSCCOCCOC(=O)C(=C)C. The Hall–Kier alpha value is -0.740. The van der Waals surface area contributed by atoms with Crippen molar-refractivity contribution in [1.82, 2.24) is 0 Å². The third kappa shape index (κ3) is 7.89. The second kappa shape index (κ2) is 8.84. The van der Waals surface area contributed by atoms with E-state index in [4.69, 9.17) is 9.47 Å². The van der Waals surface area contributed by atoms with Crippen molar-refractivity contribution in [3.63, 3.8) is 0 Å². The minimum absolute atomic E-state index is 0.282. The third-order valence-corrected chi connectivity index (χ3v) is 1.91. The first-order valence-electron chi connectivity index (χ1n) is 4.31. The maximum absolute atomic E-state index is 10.9. The van der Waals surface area contributed by atoms with Crippen molar-refractivity contribution < 1.29 is 14.3 Å². The van der Waals surface area contributed by atoms with Gasteiger partial charge in [0.05, 0.1) is 13.2 Å². The van der Waals surface area contributed by atoms with Gasteiger partial charge >= 0.3 is 5.97 Å². The molecule has 0 atom stereocenters. The van der Waals surface area contributed by atoms with Gasteiger partial charge in [-0.2, -0.15) is 0 Å². The second-order valence-electron chi connectivity index (χ2n) is 2.57. The Balaban J connectivity index is 3.17. The average Bonchev–Trinajstić information content (AvgIpc) is 2.16. The molecule has 0 radical (unpaired) electrons. The molecule has 4 heteroatoms.